The van der Waals surface area contributed by atoms with Crippen LogP contribution in [0.25, 0.3) is 0 Å². The van der Waals surface area contributed by atoms with Gasteiger partial charge in [-0.3, -0.25) is 4.79 Å². The SMILES string of the molecule is CCCNc1ccc(C(=O)NCc2cnc[nH]2)nc1. The van der Waals surface area contributed by atoms with E-state index in [0.717, 1.165) is 24.3 Å². The minimum absolute atomic E-state index is 0.198. The monoisotopic (exact) mass is 259 g/mol. The number of hydrogen-bond donors (Lipinski definition) is 3. The summed E-state index contributed by atoms with van der Waals surface area (Å²) in [5.41, 5.74) is 2.18. The van der Waals surface area contributed by atoms with Crippen LogP contribution in [0.1, 0.15) is 29.5 Å². The van der Waals surface area contributed by atoms with Crippen LogP contribution in [0.4, 0.5) is 5.69 Å². The summed E-state index contributed by atoms with van der Waals surface area (Å²) >= 11 is 0. The molecule has 0 saturated heterocycles. The van der Waals surface area contributed by atoms with Crippen LogP contribution < -0.4 is 10.6 Å². The zero-order valence-corrected chi connectivity index (χ0v) is 10.8. The van der Waals surface area contributed by atoms with Gasteiger partial charge in [0.2, 0.25) is 0 Å². The highest BCUT2D eigenvalue weighted by atomic mass is 16.1. The zero-order chi connectivity index (χ0) is 13.5. The van der Waals surface area contributed by atoms with Crippen molar-refractivity contribution in [2.24, 2.45) is 0 Å². The van der Waals surface area contributed by atoms with E-state index >= 15 is 0 Å². The van der Waals surface area contributed by atoms with Gasteiger partial charge < -0.3 is 15.6 Å². The molecule has 6 heteroatoms. The molecule has 3 N–H and O–H groups in total. The number of rotatable bonds is 6. The van der Waals surface area contributed by atoms with E-state index in [0.29, 0.717) is 12.2 Å². The van der Waals surface area contributed by atoms with Crippen molar-refractivity contribution < 1.29 is 4.79 Å². The molecule has 0 aromatic carbocycles. The van der Waals surface area contributed by atoms with E-state index in [4.69, 9.17) is 0 Å². The van der Waals surface area contributed by atoms with E-state index in [1.807, 2.05) is 6.07 Å². The Hall–Kier alpha value is -2.37. The van der Waals surface area contributed by atoms with Gasteiger partial charge in [0, 0.05) is 12.7 Å². The fourth-order valence-electron chi connectivity index (χ4n) is 1.55. The lowest BCUT2D eigenvalue weighted by atomic mass is 10.3. The average Bonchev–Trinajstić information content (AvgIpc) is 2.96. The summed E-state index contributed by atoms with van der Waals surface area (Å²) in [4.78, 5) is 22.8. The summed E-state index contributed by atoms with van der Waals surface area (Å²) in [6, 6.07) is 3.56. The number of anilines is 1. The molecule has 19 heavy (non-hydrogen) atoms. The summed E-state index contributed by atoms with van der Waals surface area (Å²) in [5.74, 6) is -0.198. The molecule has 2 aromatic heterocycles. The molecule has 1 amide bonds. The predicted octanol–water partition coefficient (Wildman–Crippen LogP) is 1.56. The smallest absolute Gasteiger partial charge is 0.270 e. The van der Waals surface area contributed by atoms with Crippen molar-refractivity contribution >= 4 is 11.6 Å². The maximum Gasteiger partial charge on any atom is 0.270 e. The van der Waals surface area contributed by atoms with Crippen LogP contribution >= 0.6 is 0 Å². The fourth-order valence-corrected chi connectivity index (χ4v) is 1.55. The lowest BCUT2D eigenvalue weighted by Crippen LogP contribution is -2.23. The largest absolute Gasteiger partial charge is 0.384 e. The Labute approximate surface area is 111 Å². The number of nitrogens with zero attached hydrogens (tertiary/aromatic N) is 2. The number of H-pyrrole nitrogens is 1. The van der Waals surface area contributed by atoms with Gasteiger partial charge in [0.1, 0.15) is 5.69 Å². The first kappa shape index (κ1) is 13.1. The Morgan fingerprint density at radius 2 is 2.26 bits per heavy atom. The summed E-state index contributed by atoms with van der Waals surface area (Å²) < 4.78 is 0. The first-order chi connectivity index (χ1) is 9.29. The third-order valence-corrected chi connectivity index (χ3v) is 2.57. The molecule has 0 spiro atoms. The molecule has 0 aliphatic carbocycles. The number of hydrogen-bond acceptors (Lipinski definition) is 4. The molecule has 6 nitrogen and oxygen atoms in total. The minimum Gasteiger partial charge on any atom is -0.384 e. The van der Waals surface area contributed by atoms with Gasteiger partial charge >= 0.3 is 0 Å². The van der Waals surface area contributed by atoms with Gasteiger partial charge in [0.15, 0.2) is 0 Å². The predicted molar refractivity (Wildman–Crippen MR) is 72.8 cm³/mol. The third kappa shape index (κ3) is 3.80. The van der Waals surface area contributed by atoms with Crippen molar-refractivity contribution in [1.82, 2.24) is 20.3 Å². The zero-order valence-electron chi connectivity index (χ0n) is 10.8. The van der Waals surface area contributed by atoms with Crippen molar-refractivity contribution in [3.63, 3.8) is 0 Å². The van der Waals surface area contributed by atoms with Gasteiger partial charge in [0.25, 0.3) is 5.91 Å². The second kappa shape index (κ2) is 6.53. The van der Waals surface area contributed by atoms with Crippen molar-refractivity contribution in [3.05, 3.63) is 42.2 Å². The minimum atomic E-state index is -0.198. The molecule has 0 aliphatic rings. The highest BCUT2D eigenvalue weighted by Crippen LogP contribution is 2.06. The second-order valence-electron chi connectivity index (χ2n) is 4.12. The summed E-state index contributed by atoms with van der Waals surface area (Å²) in [6.07, 6.45) is 5.96. The molecule has 2 aromatic rings. The number of imidazole rings is 1. The number of amides is 1. The average molecular weight is 259 g/mol. The summed E-state index contributed by atoms with van der Waals surface area (Å²) in [6.45, 7) is 3.40. The van der Waals surface area contributed by atoms with Crippen LogP contribution in [0.2, 0.25) is 0 Å². The quantitative estimate of drug-likeness (QED) is 0.735. The van der Waals surface area contributed by atoms with Crippen LogP contribution in [0.5, 0.6) is 0 Å². The second-order valence-corrected chi connectivity index (χ2v) is 4.12. The molecule has 2 heterocycles. The number of pyridine rings is 1. The van der Waals surface area contributed by atoms with Gasteiger partial charge in [-0.2, -0.15) is 0 Å². The normalized spacial score (nSPS) is 10.2. The standard InChI is InChI=1S/C13H17N5O/c1-2-5-15-10-3-4-12(16-7-10)13(19)17-8-11-6-14-9-18-11/h3-4,6-7,9,15H,2,5,8H2,1H3,(H,14,18)(H,17,19). The molecule has 0 saturated carbocycles. The Bertz CT molecular complexity index is 506. The first-order valence-electron chi connectivity index (χ1n) is 6.25. The Morgan fingerprint density at radius 3 is 2.89 bits per heavy atom. The van der Waals surface area contributed by atoms with E-state index in [1.54, 1.807) is 24.8 Å². The highest BCUT2D eigenvalue weighted by Gasteiger charge is 2.06. The van der Waals surface area contributed by atoms with Gasteiger partial charge in [-0.15, -0.1) is 0 Å². The van der Waals surface area contributed by atoms with E-state index in [2.05, 4.69) is 32.5 Å². The lowest BCUT2D eigenvalue weighted by Gasteiger charge is -2.06. The van der Waals surface area contributed by atoms with Crippen LogP contribution in [0.3, 0.4) is 0 Å². The van der Waals surface area contributed by atoms with Crippen molar-refractivity contribution in [2.45, 2.75) is 19.9 Å². The van der Waals surface area contributed by atoms with Crippen LogP contribution in [0.15, 0.2) is 30.9 Å². The number of aromatic amines is 1. The highest BCUT2D eigenvalue weighted by molar-refractivity contribution is 5.92. The number of carbonyl (C=O) groups excluding carboxylic acids is 1. The maximum absolute atomic E-state index is 11.8. The van der Waals surface area contributed by atoms with Gasteiger partial charge in [0.05, 0.1) is 30.5 Å². The first-order valence-corrected chi connectivity index (χ1v) is 6.25. The molecule has 0 aliphatic heterocycles. The molecule has 100 valence electrons. The van der Waals surface area contributed by atoms with Crippen LogP contribution in [-0.4, -0.2) is 27.4 Å². The molecular formula is C13H17N5O. The Morgan fingerprint density at radius 1 is 1.37 bits per heavy atom. The third-order valence-electron chi connectivity index (χ3n) is 2.57. The van der Waals surface area contributed by atoms with Crippen LogP contribution in [-0.2, 0) is 6.54 Å². The summed E-state index contributed by atoms with van der Waals surface area (Å²) in [7, 11) is 0. The van der Waals surface area contributed by atoms with Gasteiger partial charge in [-0.1, -0.05) is 6.92 Å². The molecule has 0 bridgehead atoms. The van der Waals surface area contributed by atoms with Crippen molar-refractivity contribution in [2.75, 3.05) is 11.9 Å². The van der Waals surface area contributed by atoms with E-state index < -0.39 is 0 Å². The molecule has 0 fully saturated rings. The topological polar surface area (TPSA) is 82.7 Å². The molecule has 0 unspecified atom stereocenters. The van der Waals surface area contributed by atoms with Crippen molar-refractivity contribution in [3.8, 4) is 0 Å². The van der Waals surface area contributed by atoms with E-state index in [-0.39, 0.29) is 5.91 Å². The molecule has 0 atom stereocenters. The Balaban J connectivity index is 1.88. The lowest BCUT2D eigenvalue weighted by molar-refractivity contribution is 0.0945. The fraction of sp³-hybridized carbons (Fsp3) is 0.308. The molecule has 2 rings (SSSR count). The Kier molecular flexibility index (Phi) is 4.49. The molecular weight excluding hydrogens is 242 g/mol. The maximum atomic E-state index is 11.8. The number of nitrogens with one attached hydrogen (secondary N) is 3. The van der Waals surface area contributed by atoms with Crippen molar-refractivity contribution in [1.29, 1.82) is 0 Å². The number of carbonyl (C=O) groups is 1. The van der Waals surface area contributed by atoms with E-state index in [9.17, 15) is 4.79 Å². The van der Waals surface area contributed by atoms with Gasteiger partial charge in [-0.05, 0) is 18.6 Å². The van der Waals surface area contributed by atoms with Gasteiger partial charge in [-0.25, -0.2) is 9.97 Å². The molecule has 0 radical (unpaired) electrons. The van der Waals surface area contributed by atoms with E-state index in [1.165, 1.54) is 0 Å². The summed E-state index contributed by atoms with van der Waals surface area (Å²) in [5, 5.41) is 5.98. The van der Waals surface area contributed by atoms with Crippen LogP contribution in [0, 0.1) is 0 Å². The number of aromatic nitrogens is 3.